The van der Waals surface area contributed by atoms with Crippen molar-refractivity contribution in [3.63, 3.8) is 0 Å². The van der Waals surface area contributed by atoms with Crippen molar-refractivity contribution in [2.24, 2.45) is 5.92 Å². The van der Waals surface area contributed by atoms with Crippen molar-refractivity contribution in [2.45, 2.75) is 192 Å². The van der Waals surface area contributed by atoms with Crippen LogP contribution in [-0.4, -0.2) is 119 Å². The highest BCUT2D eigenvalue weighted by molar-refractivity contribution is 7.61. The molecule has 2 heterocycles. The van der Waals surface area contributed by atoms with Crippen LogP contribution in [0.1, 0.15) is 149 Å². The van der Waals surface area contributed by atoms with Gasteiger partial charge in [0, 0.05) is 19.0 Å². The van der Waals surface area contributed by atoms with Crippen molar-refractivity contribution < 1.29 is 81.6 Å². The molecule has 0 aromatic carbocycles. The van der Waals surface area contributed by atoms with Crippen LogP contribution in [0.5, 0.6) is 0 Å². The molecule has 1 aliphatic heterocycles. The van der Waals surface area contributed by atoms with Crippen molar-refractivity contribution in [1.29, 1.82) is 0 Å². The Morgan fingerprint density at radius 2 is 1.34 bits per heavy atom. The number of carbonyl (C=O) groups excluding carboxylic acids is 2. The molecule has 23 heteroatoms. The van der Waals surface area contributed by atoms with Crippen LogP contribution >= 0.6 is 15.6 Å². The molecule has 1 aromatic heterocycles. The fraction of sp³-hybridized carbons (Fsp3) is 0.680. The molecule has 0 spiro atoms. The first kappa shape index (κ1) is 65.5. The van der Waals surface area contributed by atoms with Crippen LogP contribution in [0.15, 0.2) is 77.8 Å². The van der Waals surface area contributed by atoms with Gasteiger partial charge in [-0.3, -0.25) is 23.2 Å². The average Bonchev–Trinajstić information content (AvgIpc) is 3.60. The first-order valence-corrected chi connectivity index (χ1v) is 28.5. The minimum Gasteiger partial charge on any atom is -0.462 e. The van der Waals surface area contributed by atoms with Gasteiger partial charge in [-0.25, -0.2) is 13.9 Å². The normalized spacial score (nSPS) is 20.9. The third-order valence-corrected chi connectivity index (χ3v) is 14.0. The number of allylic oxidation sites excluding steroid dienone is 7. The topological polar surface area (TPSA) is 326 Å². The van der Waals surface area contributed by atoms with Crippen molar-refractivity contribution in [3.05, 3.63) is 83.5 Å². The van der Waals surface area contributed by atoms with E-state index in [9.17, 15) is 58.8 Å². The highest BCUT2D eigenvalue weighted by atomic mass is 31.3. The van der Waals surface area contributed by atoms with Gasteiger partial charge in [0.05, 0.1) is 31.5 Å². The summed E-state index contributed by atoms with van der Waals surface area (Å²) in [4.78, 5) is 61.9. The van der Waals surface area contributed by atoms with Crippen LogP contribution in [-0.2, 0) is 46.3 Å². The lowest BCUT2D eigenvalue weighted by atomic mass is 10.0. The molecule has 73 heavy (non-hydrogen) atoms. The molecule has 0 amide bonds. The SMILES string of the molecule is CC/C=C\C[C@H](O)/C=C/C=C/C=C\C=C/[C@@H](O)[C@H](O)CCCC(=O)O[C@H](COC(=O)CCCCCCCCCCCCCCC(C)C)COP(=O)(O)OP(=O)(O)OC[C@H]1O[C@@H](n2ccc(N)nc2=O)[C@H](O)[C@@H]1O. The van der Waals surface area contributed by atoms with Gasteiger partial charge < -0.3 is 55.3 Å². The summed E-state index contributed by atoms with van der Waals surface area (Å²) in [6.07, 6.45) is 22.5. The van der Waals surface area contributed by atoms with Crippen molar-refractivity contribution in [1.82, 2.24) is 9.55 Å². The number of ether oxygens (including phenoxy) is 3. The molecule has 21 nitrogen and oxygen atoms in total. The molecule has 1 aliphatic rings. The van der Waals surface area contributed by atoms with Gasteiger partial charge in [0.15, 0.2) is 12.3 Å². The Kier molecular flexibility index (Phi) is 33.3. The number of unbranched alkanes of at least 4 members (excludes halogenated alkanes) is 11. The minimum absolute atomic E-state index is 0.0270. The smallest absolute Gasteiger partial charge is 0.462 e. The van der Waals surface area contributed by atoms with Gasteiger partial charge in [0.25, 0.3) is 0 Å². The number of hydrogen-bond donors (Lipinski definition) is 8. The average molecular weight is 1080 g/mol. The maximum atomic E-state index is 12.9. The standard InChI is InChI=1S/C50H83N3O18P2/c1-4-5-20-27-39(54)28-22-17-14-15-18-23-29-41(55)42(56)30-25-32-46(58)69-40(35-66-45(57)31-24-19-13-11-9-7-6-8-10-12-16-21-26-38(2)3)36-67-72(62,63)71-73(64,65)68-37-43-47(59)48(60)49(70-43)53-34-33-44(51)52-50(53)61/h5,14-15,17-18,20,22-23,28-29,33-34,38-43,47-49,54-56,59-60H,4,6-13,16,19,21,24-27,30-32,35-37H2,1-3H3,(H,62,63)(H,64,65)(H2,51,52,61)/b17-14+,18-15-,20-5-,28-22+,29-23-/t39-,40+,41+,42+,43+,47+,48+,49+/m0/s1. The first-order chi connectivity index (χ1) is 34.7. The second kappa shape index (κ2) is 37.1. The van der Waals surface area contributed by atoms with E-state index in [2.05, 4.69) is 23.1 Å². The lowest BCUT2D eigenvalue weighted by molar-refractivity contribution is -0.161. The zero-order valence-electron chi connectivity index (χ0n) is 42.7. The molecular formula is C50H83N3O18P2. The summed E-state index contributed by atoms with van der Waals surface area (Å²) in [7, 11) is -11.0. The van der Waals surface area contributed by atoms with E-state index in [0.29, 0.717) is 12.8 Å². The molecule has 9 N–H and O–H groups in total. The lowest BCUT2D eigenvalue weighted by Crippen LogP contribution is -2.36. The molecule has 1 aromatic rings. The van der Waals surface area contributed by atoms with Gasteiger partial charge in [-0.15, -0.1) is 0 Å². The van der Waals surface area contributed by atoms with E-state index in [1.165, 1.54) is 69.6 Å². The quantitative estimate of drug-likeness (QED) is 0.0107. The maximum absolute atomic E-state index is 12.9. The van der Waals surface area contributed by atoms with Crippen molar-refractivity contribution >= 4 is 33.4 Å². The van der Waals surface area contributed by atoms with Gasteiger partial charge >= 0.3 is 33.3 Å². The molecule has 1 fully saturated rings. The summed E-state index contributed by atoms with van der Waals surface area (Å²) in [6, 6.07) is 1.22. The summed E-state index contributed by atoms with van der Waals surface area (Å²) in [6.45, 7) is 3.92. The van der Waals surface area contributed by atoms with E-state index in [1.807, 2.05) is 19.1 Å². The van der Waals surface area contributed by atoms with E-state index in [0.717, 1.165) is 48.8 Å². The molecule has 0 radical (unpaired) electrons. The Bertz CT molecular complexity index is 2030. The van der Waals surface area contributed by atoms with Crippen LogP contribution in [0, 0.1) is 5.92 Å². The fourth-order valence-corrected chi connectivity index (χ4v) is 9.42. The summed E-state index contributed by atoms with van der Waals surface area (Å²) in [5.41, 5.74) is 4.55. The third kappa shape index (κ3) is 30.5. The van der Waals surface area contributed by atoms with Crippen molar-refractivity contribution in [2.75, 3.05) is 25.6 Å². The van der Waals surface area contributed by atoms with Gasteiger partial charge in [-0.1, -0.05) is 159 Å². The number of phosphoric acid groups is 2. The zero-order chi connectivity index (χ0) is 54.1. The molecule has 1 saturated heterocycles. The highest BCUT2D eigenvalue weighted by Gasteiger charge is 2.46. The second-order valence-electron chi connectivity index (χ2n) is 18.3. The van der Waals surface area contributed by atoms with Crippen LogP contribution in [0.2, 0.25) is 0 Å². The van der Waals surface area contributed by atoms with E-state index < -0.39 is 102 Å². The largest absolute Gasteiger partial charge is 0.481 e. The van der Waals surface area contributed by atoms with Gasteiger partial charge in [-0.2, -0.15) is 9.29 Å². The molecule has 0 bridgehead atoms. The number of nitrogen functional groups attached to an aromatic ring is 1. The van der Waals surface area contributed by atoms with E-state index in [-0.39, 0.29) is 31.5 Å². The zero-order valence-corrected chi connectivity index (χ0v) is 44.5. The molecule has 2 unspecified atom stereocenters. The minimum atomic E-state index is -5.52. The molecule has 10 atom stereocenters. The van der Waals surface area contributed by atoms with E-state index in [4.69, 9.17) is 29.0 Å². The number of aliphatic hydroxyl groups is 5. The second-order valence-corrected chi connectivity index (χ2v) is 21.4. The number of hydrogen-bond acceptors (Lipinski definition) is 18. The Morgan fingerprint density at radius 3 is 1.96 bits per heavy atom. The van der Waals surface area contributed by atoms with Crippen LogP contribution in [0.25, 0.3) is 0 Å². The Labute approximate surface area is 430 Å². The number of anilines is 1. The number of aromatic nitrogens is 2. The number of carbonyl (C=O) groups is 2. The highest BCUT2D eigenvalue weighted by Crippen LogP contribution is 2.60. The lowest BCUT2D eigenvalue weighted by Gasteiger charge is -2.21. The van der Waals surface area contributed by atoms with Crippen LogP contribution in [0.3, 0.4) is 0 Å². The number of esters is 2. The summed E-state index contributed by atoms with van der Waals surface area (Å²) in [5, 5.41) is 51.6. The summed E-state index contributed by atoms with van der Waals surface area (Å²) < 4.78 is 56.5. The number of rotatable bonds is 40. The van der Waals surface area contributed by atoms with E-state index in [1.54, 1.807) is 36.5 Å². The van der Waals surface area contributed by atoms with Gasteiger partial charge in [-0.05, 0) is 44.1 Å². The number of nitrogens with zero attached hydrogens (tertiary/aromatic N) is 2. The Balaban J connectivity index is 1.90. The maximum Gasteiger partial charge on any atom is 0.481 e. The predicted octanol–water partition coefficient (Wildman–Crippen LogP) is 7.10. The van der Waals surface area contributed by atoms with Crippen LogP contribution < -0.4 is 11.4 Å². The molecular weight excluding hydrogens is 993 g/mol. The predicted molar refractivity (Wildman–Crippen MR) is 274 cm³/mol. The number of nitrogens with two attached hydrogens (primary N) is 1. The molecule has 416 valence electrons. The summed E-state index contributed by atoms with van der Waals surface area (Å²) in [5.74, 6) is -0.893. The molecule has 0 aliphatic carbocycles. The van der Waals surface area contributed by atoms with E-state index >= 15 is 0 Å². The summed E-state index contributed by atoms with van der Waals surface area (Å²) >= 11 is 0. The van der Waals surface area contributed by atoms with Crippen molar-refractivity contribution in [3.8, 4) is 0 Å². The fourth-order valence-electron chi connectivity index (χ4n) is 7.31. The monoisotopic (exact) mass is 1080 g/mol. The Hall–Kier alpha value is -3.66. The van der Waals surface area contributed by atoms with Gasteiger partial charge in [0.2, 0.25) is 0 Å². The number of phosphoric ester groups is 2. The van der Waals surface area contributed by atoms with Gasteiger partial charge in [0.1, 0.15) is 30.7 Å². The molecule has 2 rings (SSSR count). The Morgan fingerprint density at radius 1 is 0.767 bits per heavy atom. The third-order valence-electron chi connectivity index (χ3n) is 11.4. The van der Waals surface area contributed by atoms with Crippen LogP contribution in [0.4, 0.5) is 5.82 Å². The first-order valence-electron chi connectivity index (χ1n) is 25.5. The number of aliphatic hydroxyl groups excluding tert-OH is 5. The molecule has 0 saturated carbocycles.